The number of methoxy groups -OCH3 is 1. The van der Waals surface area contributed by atoms with Gasteiger partial charge in [-0.05, 0) is 0 Å². The third kappa shape index (κ3) is 3.13. The van der Waals surface area contributed by atoms with E-state index >= 15 is 0 Å². The minimum absolute atomic E-state index is 0.171. The molecule has 9 heteroatoms. The Morgan fingerprint density at radius 2 is 2.18 bits per heavy atom. The van der Waals surface area contributed by atoms with Gasteiger partial charge < -0.3 is 15.2 Å². The molecule has 1 heterocycles. The number of ether oxygens (including phenoxy) is 1. The maximum atomic E-state index is 12.6. The summed E-state index contributed by atoms with van der Waals surface area (Å²) < 4.78 is 29.5. The minimum Gasteiger partial charge on any atom is -0.505 e. The molecule has 5 nitrogen and oxygen atoms in total. The highest BCUT2D eigenvalue weighted by atomic mass is 79.9. The Kier molecular flexibility index (Phi) is 4.04. The number of carbonyl (C=O) groups is 2. The number of anilines is 1. The van der Waals surface area contributed by atoms with Crippen molar-refractivity contribution >= 4 is 44.8 Å². The van der Waals surface area contributed by atoms with Gasteiger partial charge in [-0.3, -0.25) is 4.79 Å². The second-order valence-electron chi connectivity index (χ2n) is 2.77. The zero-order valence-electron chi connectivity index (χ0n) is 8.29. The Hall–Kier alpha value is -1.22. The minimum atomic E-state index is -3.80. The molecular formula is C8H6BrF2NO4S. The zero-order valence-corrected chi connectivity index (χ0v) is 10.7. The van der Waals surface area contributed by atoms with Crippen molar-refractivity contribution in [3.8, 4) is 5.75 Å². The molecule has 1 aromatic heterocycles. The summed E-state index contributed by atoms with van der Waals surface area (Å²) in [6.45, 7) is 0. The fourth-order valence-electron chi connectivity index (χ4n) is 0.897. The summed E-state index contributed by atoms with van der Waals surface area (Å²) in [5, 5.41) is 12.2. The second kappa shape index (κ2) is 4.96. The van der Waals surface area contributed by atoms with Gasteiger partial charge in [-0.15, -0.1) is 11.3 Å². The molecule has 1 aromatic rings. The molecule has 0 bridgehead atoms. The van der Waals surface area contributed by atoms with Crippen molar-refractivity contribution in [2.24, 2.45) is 0 Å². The highest BCUT2D eigenvalue weighted by Gasteiger charge is 2.36. The van der Waals surface area contributed by atoms with Crippen LogP contribution in [0.25, 0.3) is 0 Å². The Morgan fingerprint density at radius 1 is 1.59 bits per heavy atom. The molecule has 0 fully saturated rings. The number of hydrogen-bond donors (Lipinski definition) is 2. The number of amides is 1. The highest BCUT2D eigenvalue weighted by Crippen LogP contribution is 2.36. The molecule has 0 aliphatic rings. The van der Waals surface area contributed by atoms with E-state index in [9.17, 15) is 23.5 Å². The third-order valence-electron chi connectivity index (χ3n) is 1.64. The lowest BCUT2D eigenvalue weighted by atomic mass is 10.3. The number of nitrogens with one attached hydrogen (secondary N) is 1. The first-order valence-corrected chi connectivity index (χ1v) is 5.71. The predicted octanol–water partition coefficient (Wildman–Crippen LogP) is 2.17. The maximum absolute atomic E-state index is 12.6. The smallest absolute Gasteiger partial charge is 0.378 e. The van der Waals surface area contributed by atoms with Crippen molar-refractivity contribution in [2.45, 2.75) is 4.83 Å². The van der Waals surface area contributed by atoms with Crippen LogP contribution in [-0.2, 0) is 9.53 Å². The van der Waals surface area contributed by atoms with Gasteiger partial charge in [0.1, 0.15) is 10.6 Å². The number of carbonyl (C=O) groups excluding carboxylic acids is 2. The van der Waals surface area contributed by atoms with Gasteiger partial charge in [-0.1, -0.05) is 0 Å². The number of thiophene rings is 1. The van der Waals surface area contributed by atoms with Gasteiger partial charge in [0.2, 0.25) is 0 Å². The molecule has 94 valence electrons. The van der Waals surface area contributed by atoms with E-state index in [-0.39, 0.29) is 4.88 Å². The first-order chi connectivity index (χ1) is 7.77. The molecule has 0 atom stereocenters. The number of alkyl halides is 3. The normalized spacial score (nSPS) is 11.1. The molecule has 0 aromatic carbocycles. The quantitative estimate of drug-likeness (QED) is 0.658. The number of rotatable bonds is 3. The molecule has 1 rings (SSSR count). The summed E-state index contributed by atoms with van der Waals surface area (Å²) in [7, 11) is 1.09. The van der Waals surface area contributed by atoms with Crippen molar-refractivity contribution < 1.29 is 28.2 Å². The van der Waals surface area contributed by atoms with E-state index in [0.29, 0.717) is 0 Å². The number of esters is 1. The van der Waals surface area contributed by atoms with Crippen LogP contribution < -0.4 is 5.32 Å². The van der Waals surface area contributed by atoms with Gasteiger partial charge in [0, 0.05) is 21.3 Å². The van der Waals surface area contributed by atoms with Gasteiger partial charge in [0.05, 0.1) is 7.11 Å². The van der Waals surface area contributed by atoms with Crippen LogP contribution in [0, 0.1) is 0 Å². The Morgan fingerprint density at radius 3 is 2.65 bits per heavy atom. The molecule has 0 spiro atoms. The average molecular weight is 330 g/mol. The lowest BCUT2D eigenvalue weighted by Crippen LogP contribution is -2.28. The summed E-state index contributed by atoms with van der Waals surface area (Å²) in [4.78, 5) is 18.2. The standard InChI is InChI=1S/C8H6BrF2NO4S/c1-16-6(14)5-4(3(13)2-17-5)12-7(15)8(9,10)11/h2,13H,1H3,(H,12,15). The summed E-state index contributed by atoms with van der Waals surface area (Å²) in [6, 6.07) is 0. The fraction of sp³-hybridized carbons (Fsp3) is 0.250. The van der Waals surface area contributed by atoms with E-state index in [4.69, 9.17) is 0 Å². The van der Waals surface area contributed by atoms with Crippen LogP contribution in [0.15, 0.2) is 5.38 Å². The Balaban J connectivity index is 3.02. The summed E-state index contributed by atoms with van der Waals surface area (Å²) in [6.07, 6.45) is 0. The van der Waals surface area contributed by atoms with E-state index in [0.717, 1.165) is 23.8 Å². The van der Waals surface area contributed by atoms with E-state index < -0.39 is 28.1 Å². The van der Waals surface area contributed by atoms with E-state index in [1.54, 1.807) is 5.32 Å². The summed E-state index contributed by atoms with van der Waals surface area (Å²) >= 11 is 2.62. The number of hydrogen-bond acceptors (Lipinski definition) is 5. The van der Waals surface area contributed by atoms with Crippen LogP contribution in [0.3, 0.4) is 0 Å². The van der Waals surface area contributed by atoms with Gasteiger partial charge in [0.15, 0.2) is 5.75 Å². The first kappa shape index (κ1) is 13.8. The van der Waals surface area contributed by atoms with Crippen LogP contribution in [0.5, 0.6) is 5.75 Å². The van der Waals surface area contributed by atoms with E-state index in [1.807, 2.05) is 15.9 Å². The summed E-state index contributed by atoms with van der Waals surface area (Å²) in [5.74, 6) is -3.03. The Labute approximate surface area is 107 Å². The van der Waals surface area contributed by atoms with E-state index in [2.05, 4.69) is 4.74 Å². The predicted molar refractivity (Wildman–Crippen MR) is 59.8 cm³/mol. The van der Waals surface area contributed by atoms with Crippen molar-refractivity contribution in [2.75, 3.05) is 12.4 Å². The lowest BCUT2D eigenvalue weighted by Gasteiger charge is -2.09. The van der Waals surface area contributed by atoms with Crippen molar-refractivity contribution in [1.82, 2.24) is 0 Å². The van der Waals surface area contributed by atoms with Crippen LogP contribution in [0.4, 0.5) is 14.5 Å². The number of halogens is 3. The van der Waals surface area contributed by atoms with Crippen LogP contribution in [-0.4, -0.2) is 28.9 Å². The molecule has 0 aliphatic heterocycles. The highest BCUT2D eigenvalue weighted by molar-refractivity contribution is 9.10. The van der Waals surface area contributed by atoms with Gasteiger partial charge in [-0.25, -0.2) is 4.79 Å². The fourth-order valence-corrected chi connectivity index (χ4v) is 1.80. The molecule has 0 unspecified atom stereocenters. The lowest BCUT2D eigenvalue weighted by molar-refractivity contribution is -0.128. The number of aromatic hydroxyl groups is 1. The third-order valence-corrected chi connectivity index (χ3v) is 2.95. The SMILES string of the molecule is COC(=O)c1scc(O)c1NC(=O)C(F)(F)Br. The van der Waals surface area contributed by atoms with Crippen molar-refractivity contribution in [1.29, 1.82) is 0 Å². The first-order valence-electron chi connectivity index (χ1n) is 4.04. The largest absolute Gasteiger partial charge is 0.505 e. The second-order valence-corrected chi connectivity index (χ2v) is 4.64. The summed E-state index contributed by atoms with van der Waals surface area (Å²) in [5.41, 5.74) is -0.397. The van der Waals surface area contributed by atoms with Crippen molar-refractivity contribution in [3.63, 3.8) is 0 Å². The van der Waals surface area contributed by atoms with Crippen LogP contribution in [0.1, 0.15) is 9.67 Å². The molecule has 0 saturated heterocycles. The van der Waals surface area contributed by atoms with Crippen LogP contribution >= 0.6 is 27.3 Å². The van der Waals surface area contributed by atoms with E-state index in [1.165, 1.54) is 0 Å². The molecule has 0 aliphatic carbocycles. The van der Waals surface area contributed by atoms with Crippen molar-refractivity contribution in [3.05, 3.63) is 10.3 Å². The van der Waals surface area contributed by atoms with Gasteiger partial charge in [-0.2, -0.15) is 8.78 Å². The average Bonchev–Trinajstić information content (AvgIpc) is 2.58. The topological polar surface area (TPSA) is 75.6 Å². The molecule has 1 amide bonds. The zero-order chi connectivity index (χ0) is 13.2. The molecule has 17 heavy (non-hydrogen) atoms. The van der Waals surface area contributed by atoms with Gasteiger partial charge in [0.25, 0.3) is 0 Å². The maximum Gasteiger partial charge on any atom is 0.378 e. The van der Waals surface area contributed by atoms with Gasteiger partial charge >= 0.3 is 16.7 Å². The molecule has 2 N–H and O–H groups in total. The molecule has 0 radical (unpaired) electrons. The van der Waals surface area contributed by atoms with Crippen LogP contribution in [0.2, 0.25) is 0 Å². The molecular weight excluding hydrogens is 324 g/mol. The Bertz CT molecular complexity index is 457. The monoisotopic (exact) mass is 329 g/mol. The molecule has 0 saturated carbocycles.